The van der Waals surface area contributed by atoms with Crippen LogP contribution in [0.25, 0.3) is 10.9 Å². The normalized spacial score (nSPS) is 11.1. The van der Waals surface area contributed by atoms with Crippen LogP contribution < -0.4 is 10.9 Å². The molecule has 0 aliphatic heterocycles. The molecule has 1 N–H and O–H groups in total. The lowest BCUT2D eigenvalue weighted by molar-refractivity contribution is 0.600. The minimum atomic E-state index is 0.0582. The summed E-state index contributed by atoms with van der Waals surface area (Å²) in [6.45, 7) is 4.46. The Morgan fingerprint density at radius 2 is 2.00 bits per heavy atom. The van der Waals surface area contributed by atoms with Gasteiger partial charge < -0.3 is 9.88 Å². The number of fused-ring (bicyclic) bond motifs is 1. The highest BCUT2D eigenvalue weighted by molar-refractivity contribution is 7.10. The van der Waals surface area contributed by atoms with Crippen molar-refractivity contribution in [2.24, 2.45) is 0 Å². The van der Waals surface area contributed by atoms with Gasteiger partial charge in [0.25, 0.3) is 5.56 Å². The van der Waals surface area contributed by atoms with E-state index in [1.165, 1.54) is 10.4 Å². The van der Waals surface area contributed by atoms with E-state index < -0.39 is 0 Å². The van der Waals surface area contributed by atoms with Crippen LogP contribution in [0.5, 0.6) is 0 Å². The van der Waals surface area contributed by atoms with Crippen molar-refractivity contribution >= 4 is 22.2 Å². The van der Waals surface area contributed by atoms with E-state index in [1.807, 2.05) is 34.9 Å². The van der Waals surface area contributed by atoms with E-state index in [4.69, 9.17) is 0 Å². The summed E-state index contributed by atoms with van der Waals surface area (Å²) in [4.78, 5) is 13.4. The molecule has 0 aliphatic carbocycles. The van der Waals surface area contributed by atoms with Crippen LogP contribution in [0, 0.1) is 6.92 Å². The second-order valence-electron chi connectivity index (χ2n) is 5.09. The van der Waals surface area contributed by atoms with Crippen molar-refractivity contribution in [3.63, 3.8) is 0 Å². The second-order valence-corrected chi connectivity index (χ2v) is 6.09. The lowest BCUT2D eigenvalue weighted by atomic mass is 10.2. The van der Waals surface area contributed by atoms with E-state index in [1.54, 1.807) is 17.4 Å². The van der Waals surface area contributed by atoms with Gasteiger partial charge in [-0.05, 0) is 41.5 Å². The third-order valence-electron chi connectivity index (χ3n) is 3.66. The molecule has 0 spiro atoms. The topological polar surface area (TPSA) is 34.0 Å². The minimum Gasteiger partial charge on any atom is -0.310 e. The highest BCUT2D eigenvalue weighted by atomic mass is 32.1. The highest BCUT2D eigenvalue weighted by Gasteiger charge is 2.03. The van der Waals surface area contributed by atoms with Crippen molar-refractivity contribution in [3.05, 3.63) is 68.6 Å². The molecule has 0 amide bonds. The fraction of sp³-hybridized carbons (Fsp3) is 0.235. The summed E-state index contributed by atoms with van der Waals surface area (Å²) in [5.74, 6) is 0. The molecule has 0 saturated heterocycles. The number of benzene rings is 1. The van der Waals surface area contributed by atoms with E-state index in [-0.39, 0.29) is 5.56 Å². The maximum absolute atomic E-state index is 12.0. The molecular formula is C17H18N2OS. The van der Waals surface area contributed by atoms with Crippen LogP contribution in [0.3, 0.4) is 0 Å². The van der Waals surface area contributed by atoms with Crippen LogP contribution in [0.4, 0.5) is 0 Å². The molecule has 2 heterocycles. The number of aromatic nitrogens is 1. The number of thiophene rings is 1. The Bertz CT molecular complexity index is 804. The van der Waals surface area contributed by atoms with E-state index in [0.717, 1.165) is 24.0 Å². The van der Waals surface area contributed by atoms with Gasteiger partial charge in [-0.3, -0.25) is 4.79 Å². The maximum atomic E-state index is 12.0. The summed E-state index contributed by atoms with van der Waals surface area (Å²) < 4.78 is 1.84. The molecule has 4 heteroatoms. The molecule has 0 radical (unpaired) electrons. The average Bonchev–Trinajstić information content (AvgIpc) is 2.91. The molecule has 0 atom stereocenters. The predicted molar refractivity (Wildman–Crippen MR) is 89.0 cm³/mol. The summed E-state index contributed by atoms with van der Waals surface area (Å²) in [5.41, 5.74) is 2.39. The Morgan fingerprint density at radius 1 is 1.14 bits per heavy atom. The zero-order valence-corrected chi connectivity index (χ0v) is 12.8. The van der Waals surface area contributed by atoms with Crippen molar-refractivity contribution in [1.82, 2.24) is 9.88 Å². The maximum Gasteiger partial charge on any atom is 0.251 e. The molecular weight excluding hydrogens is 280 g/mol. The van der Waals surface area contributed by atoms with Gasteiger partial charge in [-0.25, -0.2) is 0 Å². The highest BCUT2D eigenvalue weighted by Crippen LogP contribution is 2.14. The van der Waals surface area contributed by atoms with Gasteiger partial charge in [0.15, 0.2) is 0 Å². The molecule has 3 aromatic rings. The number of aryl methyl sites for hydroxylation is 1. The number of nitrogens with one attached hydrogen (secondary N) is 1. The average molecular weight is 298 g/mol. The lowest BCUT2D eigenvalue weighted by Crippen LogP contribution is -2.26. The van der Waals surface area contributed by atoms with E-state index >= 15 is 0 Å². The molecule has 0 unspecified atom stereocenters. The van der Waals surface area contributed by atoms with Gasteiger partial charge in [0.05, 0.1) is 5.52 Å². The van der Waals surface area contributed by atoms with Crippen LogP contribution in [-0.4, -0.2) is 11.1 Å². The molecule has 3 rings (SSSR count). The lowest BCUT2D eigenvalue weighted by Gasteiger charge is -2.10. The fourth-order valence-corrected chi connectivity index (χ4v) is 3.33. The van der Waals surface area contributed by atoms with Crippen molar-refractivity contribution in [2.75, 3.05) is 6.54 Å². The molecule has 0 aliphatic rings. The van der Waals surface area contributed by atoms with E-state index in [9.17, 15) is 4.79 Å². The standard InChI is InChI=1S/C17H18N2OS/c1-13-8-11-21-16(13)12-18-9-10-19-15-5-3-2-4-14(15)6-7-17(19)20/h2-8,11,18H,9-10,12H2,1H3. The minimum absolute atomic E-state index is 0.0582. The third-order valence-corrected chi connectivity index (χ3v) is 4.69. The number of hydrogen-bond donors (Lipinski definition) is 1. The Kier molecular flexibility index (Phi) is 4.18. The van der Waals surface area contributed by atoms with Gasteiger partial charge in [-0.1, -0.05) is 18.2 Å². The monoisotopic (exact) mass is 298 g/mol. The molecule has 3 nitrogen and oxygen atoms in total. The number of nitrogens with zero attached hydrogens (tertiary/aromatic N) is 1. The van der Waals surface area contributed by atoms with Gasteiger partial charge in [0.1, 0.15) is 0 Å². The molecule has 0 saturated carbocycles. The van der Waals surface area contributed by atoms with Crippen LogP contribution in [0.15, 0.2) is 52.6 Å². The zero-order valence-electron chi connectivity index (χ0n) is 12.0. The Morgan fingerprint density at radius 3 is 2.81 bits per heavy atom. The Hall–Kier alpha value is -1.91. The van der Waals surface area contributed by atoms with Gasteiger partial charge in [-0.2, -0.15) is 0 Å². The fourth-order valence-electron chi connectivity index (χ4n) is 2.45. The number of rotatable bonds is 5. The van der Waals surface area contributed by atoms with Gasteiger partial charge >= 0.3 is 0 Å². The van der Waals surface area contributed by atoms with Gasteiger partial charge in [-0.15, -0.1) is 11.3 Å². The first-order valence-corrected chi connectivity index (χ1v) is 7.96. The first-order valence-electron chi connectivity index (χ1n) is 7.08. The zero-order chi connectivity index (χ0) is 14.7. The molecule has 1 aromatic carbocycles. The predicted octanol–water partition coefficient (Wildman–Crippen LogP) is 3.16. The number of para-hydroxylation sites is 1. The Balaban J connectivity index is 1.69. The SMILES string of the molecule is Cc1ccsc1CNCCn1c(=O)ccc2ccccc21. The first kappa shape index (κ1) is 14.0. The molecule has 108 valence electrons. The number of hydrogen-bond acceptors (Lipinski definition) is 3. The summed E-state index contributed by atoms with van der Waals surface area (Å²) >= 11 is 1.77. The van der Waals surface area contributed by atoms with Crippen molar-refractivity contribution in [1.29, 1.82) is 0 Å². The molecule has 21 heavy (non-hydrogen) atoms. The van der Waals surface area contributed by atoms with Crippen LogP contribution >= 0.6 is 11.3 Å². The third kappa shape index (κ3) is 3.06. The second kappa shape index (κ2) is 6.24. The van der Waals surface area contributed by atoms with E-state index in [0.29, 0.717) is 6.54 Å². The molecule has 2 aromatic heterocycles. The summed E-state index contributed by atoms with van der Waals surface area (Å²) in [6, 6.07) is 13.7. The van der Waals surface area contributed by atoms with Crippen molar-refractivity contribution < 1.29 is 0 Å². The van der Waals surface area contributed by atoms with Crippen molar-refractivity contribution in [3.8, 4) is 0 Å². The van der Waals surface area contributed by atoms with Crippen LogP contribution in [0.1, 0.15) is 10.4 Å². The Labute approximate surface area is 127 Å². The summed E-state index contributed by atoms with van der Waals surface area (Å²) in [5, 5.41) is 6.64. The van der Waals surface area contributed by atoms with E-state index in [2.05, 4.69) is 23.7 Å². The van der Waals surface area contributed by atoms with Gasteiger partial charge in [0, 0.05) is 30.6 Å². The molecule has 0 bridgehead atoms. The molecule has 0 fully saturated rings. The smallest absolute Gasteiger partial charge is 0.251 e. The largest absolute Gasteiger partial charge is 0.310 e. The quantitative estimate of drug-likeness (QED) is 0.734. The summed E-state index contributed by atoms with van der Waals surface area (Å²) in [7, 11) is 0. The van der Waals surface area contributed by atoms with Crippen LogP contribution in [0.2, 0.25) is 0 Å². The summed E-state index contributed by atoms with van der Waals surface area (Å²) in [6.07, 6.45) is 0. The number of pyridine rings is 1. The van der Waals surface area contributed by atoms with Gasteiger partial charge in [0.2, 0.25) is 0 Å². The van der Waals surface area contributed by atoms with Crippen LogP contribution in [-0.2, 0) is 13.1 Å². The van der Waals surface area contributed by atoms with Crippen molar-refractivity contribution in [2.45, 2.75) is 20.0 Å². The first-order chi connectivity index (χ1) is 10.3.